The number of nitrogens with zero attached hydrogens (tertiary/aromatic N) is 2. The number of urea groups is 1. The summed E-state index contributed by atoms with van der Waals surface area (Å²) in [6, 6.07) is 20.7. The molecule has 0 saturated carbocycles. The third-order valence-corrected chi connectivity index (χ3v) is 6.88. The Hall–Kier alpha value is -3.60. The molecule has 1 aromatic heterocycles. The lowest BCUT2D eigenvalue weighted by molar-refractivity contribution is -0.0328. The molecule has 38 heavy (non-hydrogen) atoms. The fraction of sp³-hybridized carbons (Fsp3) is 0.214. The number of thioether (sulfide) groups is 1. The number of pyridine rings is 1. The number of nitrogens with one attached hydrogen (secondary N) is 2. The van der Waals surface area contributed by atoms with Crippen LogP contribution in [-0.2, 0) is 11.3 Å². The number of halogens is 3. The molecule has 0 radical (unpaired) electrons. The van der Waals surface area contributed by atoms with Crippen LogP contribution in [0.3, 0.4) is 0 Å². The molecule has 1 fully saturated rings. The van der Waals surface area contributed by atoms with E-state index in [2.05, 4.69) is 26.6 Å². The fourth-order valence-corrected chi connectivity index (χ4v) is 4.89. The average molecular weight is 539 g/mol. The predicted octanol–water partition coefficient (Wildman–Crippen LogP) is 6.99. The van der Waals surface area contributed by atoms with Gasteiger partial charge >= 0.3 is 11.5 Å². The summed E-state index contributed by atoms with van der Waals surface area (Å²) in [5, 5.41) is 7.34. The van der Waals surface area contributed by atoms with Crippen molar-refractivity contribution in [2.24, 2.45) is 0 Å². The van der Waals surface area contributed by atoms with Gasteiger partial charge in [-0.2, -0.15) is 13.2 Å². The van der Waals surface area contributed by atoms with Crippen LogP contribution in [0.15, 0.2) is 83.9 Å². The van der Waals surface area contributed by atoms with Crippen molar-refractivity contribution in [1.82, 2.24) is 9.88 Å². The molecule has 1 aliphatic rings. The van der Waals surface area contributed by atoms with Gasteiger partial charge in [0.1, 0.15) is 0 Å². The van der Waals surface area contributed by atoms with Crippen LogP contribution in [0.5, 0.6) is 0 Å². The van der Waals surface area contributed by atoms with E-state index in [-0.39, 0.29) is 16.7 Å². The fourth-order valence-electron chi connectivity index (χ4n) is 4.35. The van der Waals surface area contributed by atoms with Gasteiger partial charge in [-0.25, -0.2) is 4.79 Å². The van der Waals surface area contributed by atoms with Gasteiger partial charge in [-0.3, -0.25) is 9.88 Å². The Bertz CT molecular complexity index is 1410. The highest BCUT2D eigenvalue weighted by Gasteiger charge is 2.29. The number of ether oxygens (including phenoxy) is 1. The number of alkyl halides is 3. The second-order valence-electron chi connectivity index (χ2n) is 8.78. The molecule has 2 amide bonds. The molecular weight excluding hydrogens is 513 g/mol. The molecular formula is C28H25F3N4O2S. The van der Waals surface area contributed by atoms with Gasteiger partial charge in [-0.15, -0.1) is 0 Å². The van der Waals surface area contributed by atoms with E-state index in [9.17, 15) is 18.0 Å². The van der Waals surface area contributed by atoms with Crippen molar-refractivity contribution < 1.29 is 22.7 Å². The topological polar surface area (TPSA) is 66.5 Å². The van der Waals surface area contributed by atoms with Crippen molar-refractivity contribution in [3.63, 3.8) is 0 Å². The van der Waals surface area contributed by atoms with Crippen LogP contribution in [0.4, 0.5) is 29.3 Å². The minimum absolute atomic E-state index is 0.0497. The normalized spacial score (nSPS) is 14.4. The number of fused-ring (bicyclic) bond motifs is 1. The van der Waals surface area contributed by atoms with E-state index in [1.807, 2.05) is 48.7 Å². The van der Waals surface area contributed by atoms with E-state index in [4.69, 9.17) is 4.74 Å². The highest BCUT2D eigenvalue weighted by Crippen LogP contribution is 2.37. The van der Waals surface area contributed by atoms with E-state index in [0.717, 1.165) is 60.4 Å². The van der Waals surface area contributed by atoms with Gasteiger partial charge in [0, 0.05) is 47.4 Å². The smallest absolute Gasteiger partial charge is 0.379 e. The van der Waals surface area contributed by atoms with Gasteiger partial charge in [0.2, 0.25) is 0 Å². The van der Waals surface area contributed by atoms with Crippen LogP contribution in [0, 0.1) is 0 Å². The molecule has 0 aliphatic carbocycles. The van der Waals surface area contributed by atoms with Crippen molar-refractivity contribution in [3.8, 4) is 11.1 Å². The second-order valence-corrected chi connectivity index (χ2v) is 9.92. The molecule has 0 bridgehead atoms. The Balaban J connectivity index is 1.30. The lowest BCUT2D eigenvalue weighted by atomic mass is 9.98. The second kappa shape index (κ2) is 11.4. The van der Waals surface area contributed by atoms with E-state index in [0.29, 0.717) is 11.4 Å². The summed E-state index contributed by atoms with van der Waals surface area (Å²) in [6.45, 7) is 4.08. The number of aromatic nitrogens is 1. The first-order valence-electron chi connectivity index (χ1n) is 12.0. The molecule has 2 N–H and O–H groups in total. The molecule has 1 aliphatic heterocycles. The molecule has 5 rings (SSSR count). The minimum atomic E-state index is -4.36. The van der Waals surface area contributed by atoms with Gasteiger partial charge in [0.15, 0.2) is 0 Å². The van der Waals surface area contributed by atoms with Crippen LogP contribution < -0.4 is 10.6 Å². The number of benzene rings is 3. The zero-order chi connectivity index (χ0) is 26.5. The first-order chi connectivity index (χ1) is 18.3. The zero-order valence-corrected chi connectivity index (χ0v) is 21.1. The van der Waals surface area contributed by atoms with Gasteiger partial charge in [0.25, 0.3) is 0 Å². The summed E-state index contributed by atoms with van der Waals surface area (Å²) in [4.78, 5) is 19.7. The van der Waals surface area contributed by atoms with Gasteiger partial charge in [-0.05, 0) is 59.1 Å². The van der Waals surface area contributed by atoms with Crippen LogP contribution in [0.25, 0.3) is 21.9 Å². The van der Waals surface area contributed by atoms with Gasteiger partial charge in [0.05, 0.1) is 24.6 Å². The minimum Gasteiger partial charge on any atom is -0.379 e. The number of rotatable bonds is 6. The Morgan fingerprint density at radius 3 is 2.34 bits per heavy atom. The summed E-state index contributed by atoms with van der Waals surface area (Å²) in [6.07, 6.45) is 1.87. The molecule has 4 aromatic rings. The summed E-state index contributed by atoms with van der Waals surface area (Å²) in [7, 11) is 0. The molecule has 10 heteroatoms. The number of morpholine rings is 1. The van der Waals surface area contributed by atoms with Crippen molar-refractivity contribution in [2.45, 2.75) is 16.9 Å². The maximum absolute atomic E-state index is 12.7. The van der Waals surface area contributed by atoms with Gasteiger partial charge < -0.3 is 15.4 Å². The molecule has 3 aromatic carbocycles. The van der Waals surface area contributed by atoms with Crippen molar-refractivity contribution in [2.75, 3.05) is 36.9 Å². The molecule has 6 nitrogen and oxygen atoms in total. The molecule has 0 unspecified atom stereocenters. The molecule has 0 atom stereocenters. The van der Waals surface area contributed by atoms with Gasteiger partial charge in [-0.1, -0.05) is 36.4 Å². The summed E-state index contributed by atoms with van der Waals surface area (Å²) >= 11 is -0.199. The van der Waals surface area contributed by atoms with Crippen molar-refractivity contribution >= 4 is 39.9 Å². The van der Waals surface area contributed by atoms with Crippen LogP contribution in [0.2, 0.25) is 0 Å². The van der Waals surface area contributed by atoms with Crippen LogP contribution >= 0.6 is 11.8 Å². The number of amides is 2. The van der Waals surface area contributed by atoms with E-state index in [1.54, 1.807) is 0 Å². The Kier molecular flexibility index (Phi) is 7.82. The predicted molar refractivity (Wildman–Crippen MR) is 144 cm³/mol. The average Bonchev–Trinajstić information content (AvgIpc) is 2.90. The number of carbonyl (C=O) groups excluding carboxylic acids is 1. The summed E-state index contributed by atoms with van der Waals surface area (Å²) in [5.41, 5.74) is -0.392. The monoisotopic (exact) mass is 538 g/mol. The third kappa shape index (κ3) is 6.63. The molecule has 2 heterocycles. The first-order valence-corrected chi connectivity index (χ1v) is 12.9. The lowest BCUT2D eigenvalue weighted by Gasteiger charge is -2.26. The van der Waals surface area contributed by atoms with Crippen LogP contribution in [0.1, 0.15) is 5.69 Å². The SMILES string of the molecule is O=C(Nc1ccc(SC(F)(F)F)cc1)Nc1ccc(-c2ccc(CN3CCOCC3)nc2)c2ccccc12. The summed E-state index contributed by atoms with van der Waals surface area (Å²) < 4.78 is 43.0. The van der Waals surface area contributed by atoms with Crippen molar-refractivity contribution in [1.29, 1.82) is 0 Å². The Morgan fingerprint density at radius 1 is 0.921 bits per heavy atom. The Labute approximate surface area is 222 Å². The van der Waals surface area contributed by atoms with E-state index in [1.165, 1.54) is 24.3 Å². The van der Waals surface area contributed by atoms with E-state index >= 15 is 0 Å². The third-order valence-electron chi connectivity index (χ3n) is 6.14. The quantitative estimate of drug-likeness (QED) is 0.259. The lowest BCUT2D eigenvalue weighted by Crippen LogP contribution is -2.35. The number of hydrogen-bond donors (Lipinski definition) is 2. The maximum Gasteiger partial charge on any atom is 0.446 e. The maximum atomic E-state index is 12.7. The number of hydrogen-bond acceptors (Lipinski definition) is 5. The largest absolute Gasteiger partial charge is 0.446 e. The number of carbonyl (C=O) groups is 1. The molecule has 196 valence electrons. The first kappa shape index (κ1) is 26.0. The molecule has 1 saturated heterocycles. The highest BCUT2D eigenvalue weighted by molar-refractivity contribution is 8.00. The zero-order valence-electron chi connectivity index (χ0n) is 20.3. The highest BCUT2D eigenvalue weighted by atomic mass is 32.2. The standard InChI is InChI=1S/C28H25F3N4O2S/c29-28(30,31)38-22-9-7-20(8-10-22)33-27(36)34-26-12-11-23(24-3-1-2-4-25(24)26)19-5-6-21(32-17-19)18-35-13-15-37-16-14-35/h1-12,17H,13-16,18H2,(H2,33,34,36). The van der Waals surface area contributed by atoms with Crippen molar-refractivity contribution in [3.05, 3.63) is 84.7 Å². The summed E-state index contributed by atoms with van der Waals surface area (Å²) in [5.74, 6) is 0. The van der Waals surface area contributed by atoms with Crippen LogP contribution in [-0.4, -0.2) is 47.7 Å². The van der Waals surface area contributed by atoms with E-state index < -0.39 is 11.5 Å². The Morgan fingerprint density at radius 2 is 1.66 bits per heavy atom. The molecule has 0 spiro atoms. The number of anilines is 2.